The lowest BCUT2D eigenvalue weighted by Gasteiger charge is -2.14. The number of pyridine rings is 2. The van der Waals surface area contributed by atoms with E-state index in [1.165, 1.54) is 24.5 Å². The summed E-state index contributed by atoms with van der Waals surface area (Å²) in [7, 11) is 0. The molecule has 18 heavy (non-hydrogen) atoms. The topological polar surface area (TPSA) is 72.0 Å². The SMILES string of the molecule is Nc1ncc(Cl)cc1C(O)c1ncc(Cl)cc1Cl. The molecule has 0 bridgehead atoms. The van der Waals surface area contributed by atoms with Crippen LogP contribution in [0.15, 0.2) is 24.5 Å². The van der Waals surface area contributed by atoms with Crippen LogP contribution < -0.4 is 5.73 Å². The summed E-state index contributed by atoms with van der Waals surface area (Å²) in [5.74, 6) is 0.166. The highest BCUT2D eigenvalue weighted by Gasteiger charge is 2.19. The standard InChI is InChI=1S/C11H8Cl3N3O/c12-5-1-7(11(15)17-4-5)10(18)9-8(14)2-6(13)3-16-9/h1-4,10,18H,(H2,15,17). The van der Waals surface area contributed by atoms with Crippen molar-refractivity contribution in [2.75, 3.05) is 5.73 Å². The number of nitrogens with zero attached hydrogens (tertiary/aromatic N) is 2. The molecule has 1 unspecified atom stereocenters. The van der Waals surface area contributed by atoms with Gasteiger partial charge < -0.3 is 10.8 Å². The molecule has 0 aliphatic heterocycles. The molecule has 0 saturated heterocycles. The molecule has 0 fully saturated rings. The number of aliphatic hydroxyl groups excluding tert-OH is 1. The minimum atomic E-state index is -1.11. The molecule has 0 saturated carbocycles. The highest BCUT2D eigenvalue weighted by Crippen LogP contribution is 2.31. The van der Waals surface area contributed by atoms with Gasteiger partial charge in [0.1, 0.15) is 11.9 Å². The Morgan fingerprint density at radius 2 is 1.67 bits per heavy atom. The van der Waals surface area contributed by atoms with E-state index in [1.807, 2.05) is 0 Å². The summed E-state index contributed by atoms with van der Waals surface area (Å²) in [5.41, 5.74) is 6.27. The van der Waals surface area contributed by atoms with Crippen molar-refractivity contribution in [1.82, 2.24) is 9.97 Å². The Morgan fingerprint density at radius 1 is 1.06 bits per heavy atom. The minimum Gasteiger partial charge on any atom is -0.383 e. The summed E-state index contributed by atoms with van der Waals surface area (Å²) in [4.78, 5) is 7.85. The first-order chi connectivity index (χ1) is 8.49. The number of hydrogen-bond donors (Lipinski definition) is 2. The van der Waals surface area contributed by atoms with Crippen LogP contribution in [0.4, 0.5) is 5.82 Å². The molecule has 94 valence electrons. The Kier molecular flexibility index (Phi) is 3.92. The van der Waals surface area contributed by atoms with Crippen LogP contribution in [0.25, 0.3) is 0 Å². The predicted octanol–water partition coefficient (Wildman–Crippen LogP) is 3.10. The van der Waals surface area contributed by atoms with E-state index in [0.29, 0.717) is 15.6 Å². The van der Waals surface area contributed by atoms with Gasteiger partial charge in [-0.05, 0) is 12.1 Å². The van der Waals surface area contributed by atoms with Gasteiger partial charge in [-0.1, -0.05) is 34.8 Å². The zero-order chi connectivity index (χ0) is 13.3. The molecule has 7 heteroatoms. The van der Waals surface area contributed by atoms with Crippen LogP contribution in [-0.4, -0.2) is 15.1 Å². The van der Waals surface area contributed by atoms with Crippen LogP contribution in [0.3, 0.4) is 0 Å². The van der Waals surface area contributed by atoms with Crippen molar-refractivity contribution in [1.29, 1.82) is 0 Å². The number of nitrogens with two attached hydrogens (primary N) is 1. The van der Waals surface area contributed by atoms with Crippen LogP contribution in [0.2, 0.25) is 15.1 Å². The van der Waals surface area contributed by atoms with Gasteiger partial charge in [0.05, 0.1) is 20.8 Å². The Balaban J connectivity index is 2.47. The molecule has 2 aromatic heterocycles. The number of nitrogen functional groups attached to an aromatic ring is 1. The first-order valence-corrected chi connectivity index (χ1v) is 6.02. The number of aromatic nitrogens is 2. The second kappa shape index (κ2) is 5.28. The maximum atomic E-state index is 10.2. The third-order valence-corrected chi connectivity index (χ3v) is 3.02. The summed E-state index contributed by atoms with van der Waals surface area (Å²) < 4.78 is 0. The van der Waals surface area contributed by atoms with E-state index in [9.17, 15) is 5.11 Å². The van der Waals surface area contributed by atoms with E-state index in [0.717, 1.165) is 0 Å². The molecule has 0 radical (unpaired) electrons. The van der Waals surface area contributed by atoms with Gasteiger partial charge in [0.25, 0.3) is 0 Å². The van der Waals surface area contributed by atoms with Crippen molar-refractivity contribution in [2.45, 2.75) is 6.10 Å². The van der Waals surface area contributed by atoms with E-state index in [1.54, 1.807) is 0 Å². The number of anilines is 1. The van der Waals surface area contributed by atoms with Gasteiger partial charge in [-0.3, -0.25) is 4.98 Å². The van der Waals surface area contributed by atoms with Gasteiger partial charge >= 0.3 is 0 Å². The highest BCUT2D eigenvalue weighted by atomic mass is 35.5. The molecule has 4 nitrogen and oxygen atoms in total. The number of halogens is 3. The Bertz CT molecular complexity index is 592. The zero-order valence-corrected chi connectivity index (χ0v) is 11.2. The van der Waals surface area contributed by atoms with Gasteiger partial charge in [-0.25, -0.2) is 4.98 Å². The van der Waals surface area contributed by atoms with Crippen molar-refractivity contribution in [3.63, 3.8) is 0 Å². The van der Waals surface area contributed by atoms with E-state index in [2.05, 4.69) is 9.97 Å². The molecular formula is C11H8Cl3N3O. The summed E-state index contributed by atoms with van der Waals surface area (Å²) in [6.45, 7) is 0. The summed E-state index contributed by atoms with van der Waals surface area (Å²) in [5, 5.41) is 11.2. The molecule has 2 aromatic rings. The molecule has 1 atom stereocenters. The second-order valence-corrected chi connectivity index (χ2v) is 4.83. The van der Waals surface area contributed by atoms with Crippen LogP contribution >= 0.6 is 34.8 Å². The molecule has 3 N–H and O–H groups in total. The number of aliphatic hydroxyl groups is 1. The summed E-state index contributed by atoms with van der Waals surface area (Å²) in [6.07, 6.45) is 1.67. The van der Waals surface area contributed by atoms with E-state index in [-0.39, 0.29) is 16.5 Å². The Labute approximate surface area is 118 Å². The third kappa shape index (κ3) is 2.67. The maximum absolute atomic E-state index is 10.2. The molecule has 0 amide bonds. The fourth-order valence-electron chi connectivity index (χ4n) is 1.46. The van der Waals surface area contributed by atoms with Crippen LogP contribution in [-0.2, 0) is 0 Å². The lowest BCUT2D eigenvalue weighted by Crippen LogP contribution is -2.07. The molecule has 0 aliphatic rings. The molecule has 0 aromatic carbocycles. The van der Waals surface area contributed by atoms with Crippen molar-refractivity contribution in [3.8, 4) is 0 Å². The third-order valence-electron chi connectivity index (χ3n) is 2.31. The largest absolute Gasteiger partial charge is 0.383 e. The van der Waals surface area contributed by atoms with Crippen LogP contribution in [0.5, 0.6) is 0 Å². The average Bonchev–Trinajstić information content (AvgIpc) is 2.31. The maximum Gasteiger partial charge on any atom is 0.129 e. The Hall–Kier alpha value is -1.07. The van der Waals surface area contributed by atoms with Gasteiger partial charge in [-0.2, -0.15) is 0 Å². The van der Waals surface area contributed by atoms with E-state index >= 15 is 0 Å². The van der Waals surface area contributed by atoms with Gasteiger partial charge in [0, 0.05) is 18.0 Å². The van der Waals surface area contributed by atoms with E-state index < -0.39 is 6.10 Å². The van der Waals surface area contributed by atoms with Crippen molar-refractivity contribution < 1.29 is 5.11 Å². The van der Waals surface area contributed by atoms with Crippen molar-refractivity contribution in [3.05, 3.63) is 50.9 Å². The highest BCUT2D eigenvalue weighted by molar-refractivity contribution is 6.34. The first kappa shape index (κ1) is 13.4. The molecule has 0 spiro atoms. The van der Waals surface area contributed by atoms with Gasteiger partial charge in [-0.15, -0.1) is 0 Å². The Morgan fingerprint density at radius 3 is 2.33 bits per heavy atom. The second-order valence-electron chi connectivity index (χ2n) is 3.55. The number of hydrogen-bond acceptors (Lipinski definition) is 4. The minimum absolute atomic E-state index is 0.166. The van der Waals surface area contributed by atoms with Crippen LogP contribution in [0, 0.1) is 0 Å². The average molecular weight is 305 g/mol. The lowest BCUT2D eigenvalue weighted by molar-refractivity contribution is 0.216. The monoisotopic (exact) mass is 303 g/mol. The lowest BCUT2D eigenvalue weighted by atomic mass is 10.1. The zero-order valence-electron chi connectivity index (χ0n) is 8.94. The summed E-state index contributed by atoms with van der Waals surface area (Å²) >= 11 is 17.5. The molecule has 2 heterocycles. The van der Waals surface area contributed by atoms with Crippen LogP contribution in [0.1, 0.15) is 17.4 Å². The fourth-order valence-corrected chi connectivity index (χ4v) is 2.11. The first-order valence-electron chi connectivity index (χ1n) is 4.89. The van der Waals surface area contributed by atoms with Crippen molar-refractivity contribution >= 4 is 40.6 Å². The van der Waals surface area contributed by atoms with Gasteiger partial charge in [0.2, 0.25) is 0 Å². The normalized spacial score (nSPS) is 12.4. The molecule has 2 rings (SSSR count). The number of rotatable bonds is 2. The molecule has 0 aliphatic carbocycles. The summed E-state index contributed by atoms with van der Waals surface area (Å²) in [6, 6.07) is 3.00. The smallest absolute Gasteiger partial charge is 0.129 e. The quantitative estimate of drug-likeness (QED) is 0.894. The molecular weight excluding hydrogens is 296 g/mol. The van der Waals surface area contributed by atoms with E-state index in [4.69, 9.17) is 40.5 Å². The van der Waals surface area contributed by atoms with Crippen molar-refractivity contribution in [2.24, 2.45) is 0 Å². The fraction of sp³-hybridized carbons (Fsp3) is 0.0909. The van der Waals surface area contributed by atoms with Gasteiger partial charge in [0.15, 0.2) is 0 Å². The predicted molar refractivity (Wildman–Crippen MR) is 72.0 cm³/mol.